The van der Waals surface area contributed by atoms with E-state index in [9.17, 15) is 9.90 Å². The van der Waals surface area contributed by atoms with Gasteiger partial charge in [0.25, 0.3) is 0 Å². The lowest BCUT2D eigenvalue weighted by Gasteiger charge is -2.31. The molecule has 0 aliphatic heterocycles. The first kappa shape index (κ1) is 16.7. The molecule has 5 nitrogen and oxygen atoms in total. The number of ether oxygens (including phenoxy) is 1. The van der Waals surface area contributed by atoms with Crippen molar-refractivity contribution in [1.82, 2.24) is 10.3 Å². The minimum Gasteiger partial charge on any atom is -0.475 e. The lowest BCUT2D eigenvalue weighted by molar-refractivity contribution is -0.127. The molecule has 2 rings (SSSR count). The predicted octanol–water partition coefficient (Wildman–Crippen LogP) is 2.57. The van der Waals surface area contributed by atoms with Crippen LogP contribution in [0.5, 0.6) is 5.88 Å². The molecule has 5 heteroatoms. The first-order valence-corrected chi connectivity index (χ1v) is 8.07. The summed E-state index contributed by atoms with van der Waals surface area (Å²) in [5.41, 5.74) is 0.107. The molecule has 2 N–H and O–H groups in total. The largest absolute Gasteiger partial charge is 0.475 e. The summed E-state index contributed by atoms with van der Waals surface area (Å²) in [6.45, 7) is 4.32. The fourth-order valence-electron chi connectivity index (χ4n) is 2.78. The topological polar surface area (TPSA) is 71.5 Å². The predicted molar refractivity (Wildman–Crippen MR) is 84.5 cm³/mol. The van der Waals surface area contributed by atoms with Crippen molar-refractivity contribution in [3.05, 3.63) is 23.9 Å². The summed E-state index contributed by atoms with van der Waals surface area (Å²) in [6, 6.07) is 3.69. The van der Waals surface area contributed by atoms with Crippen LogP contribution in [0.1, 0.15) is 57.9 Å². The van der Waals surface area contributed by atoms with E-state index in [-0.39, 0.29) is 18.4 Å². The van der Waals surface area contributed by atoms with Crippen LogP contribution in [0, 0.1) is 0 Å². The van der Waals surface area contributed by atoms with Crippen LogP contribution in [-0.4, -0.2) is 27.7 Å². The van der Waals surface area contributed by atoms with E-state index < -0.39 is 5.60 Å². The van der Waals surface area contributed by atoms with Crippen molar-refractivity contribution >= 4 is 5.91 Å². The van der Waals surface area contributed by atoms with Crippen LogP contribution in [0.2, 0.25) is 0 Å². The van der Waals surface area contributed by atoms with E-state index in [1.807, 2.05) is 19.9 Å². The van der Waals surface area contributed by atoms with Crippen LogP contribution < -0.4 is 10.1 Å². The number of hydrogen-bond donors (Lipinski definition) is 2. The normalized spacial score (nSPS) is 17.3. The molecule has 0 atom stereocenters. The number of hydrogen-bond acceptors (Lipinski definition) is 4. The fourth-order valence-corrected chi connectivity index (χ4v) is 2.78. The summed E-state index contributed by atoms with van der Waals surface area (Å²) >= 11 is 0. The summed E-state index contributed by atoms with van der Waals surface area (Å²) in [5, 5.41) is 13.2. The third kappa shape index (κ3) is 5.30. The SMILES string of the molecule is CC(C)Oc1ccc(CNC(=O)CC2(O)CCCCC2)cn1. The van der Waals surface area contributed by atoms with Crippen LogP contribution in [0.3, 0.4) is 0 Å². The molecular formula is C17H26N2O3. The third-order valence-corrected chi connectivity index (χ3v) is 3.92. The van der Waals surface area contributed by atoms with E-state index in [1.54, 1.807) is 12.3 Å². The molecule has 0 saturated heterocycles. The summed E-state index contributed by atoms with van der Waals surface area (Å²) in [5.74, 6) is 0.480. The van der Waals surface area contributed by atoms with Gasteiger partial charge in [-0.2, -0.15) is 0 Å². The number of aromatic nitrogens is 1. The Labute approximate surface area is 132 Å². The zero-order valence-electron chi connectivity index (χ0n) is 13.5. The number of rotatable bonds is 6. The maximum absolute atomic E-state index is 12.0. The zero-order valence-corrected chi connectivity index (χ0v) is 13.5. The van der Waals surface area contributed by atoms with Crippen molar-refractivity contribution < 1.29 is 14.6 Å². The molecule has 0 spiro atoms. The number of pyridine rings is 1. The van der Waals surface area contributed by atoms with E-state index in [1.165, 1.54) is 0 Å². The molecule has 22 heavy (non-hydrogen) atoms. The van der Waals surface area contributed by atoms with Crippen molar-refractivity contribution in [2.75, 3.05) is 0 Å². The molecule has 1 aromatic rings. The first-order valence-electron chi connectivity index (χ1n) is 8.07. The van der Waals surface area contributed by atoms with E-state index >= 15 is 0 Å². The van der Waals surface area contributed by atoms with Gasteiger partial charge in [-0.05, 0) is 32.3 Å². The molecular weight excluding hydrogens is 280 g/mol. The molecule has 0 unspecified atom stereocenters. The average Bonchev–Trinajstić information content (AvgIpc) is 2.46. The highest BCUT2D eigenvalue weighted by molar-refractivity contribution is 5.77. The zero-order chi connectivity index (χ0) is 16.0. The molecule has 122 valence electrons. The highest BCUT2D eigenvalue weighted by Crippen LogP contribution is 2.30. The second-order valence-corrected chi connectivity index (χ2v) is 6.41. The van der Waals surface area contributed by atoms with E-state index in [0.717, 1.165) is 37.7 Å². The Hall–Kier alpha value is -1.62. The number of nitrogens with zero attached hydrogens (tertiary/aromatic N) is 1. The van der Waals surface area contributed by atoms with Crippen molar-refractivity contribution in [2.24, 2.45) is 0 Å². The smallest absolute Gasteiger partial charge is 0.223 e. The van der Waals surface area contributed by atoms with Crippen LogP contribution in [0.4, 0.5) is 0 Å². The van der Waals surface area contributed by atoms with Crippen LogP contribution >= 0.6 is 0 Å². The van der Waals surface area contributed by atoms with Gasteiger partial charge in [0.2, 0.25) is 11.8 Å². The standard InChI is InChI=1S/C17H26N2O3/c1-13(2)22-16-7-6-14(12-19-16)11-18-15(20)10-17(21)8-4-3-5-9-17/h6-7,12-13,21H,3-5,8-11H2,1-2H3,(H,18,20). The van der Waals surface area contributed by atoms with Crippen LogP contribution in [0.15, 0.2) is 18.3 Å². The van der Waals surface area contributed by atoms with Gasteiger partial charge in [0.15, 0.2) is 0 Å². The molecule has 0 bridgehead atoms. The highest BCUT2D eigenvalue weighted by atomic mass is 16.5. The second kappa shape index (κ2) is 7.58. The highest BCUT2D eigenvalue weighted by Gasteiger charge is 2.31. The van der Waals surface area contributed by atoms with Crippen molar-refractivity contribution in [3.8, 4) is 5.88 Å². The Balaban J connectivity index is 1.78. The summed E-state index contributed by atoms with van der Waals surface area (Å²) in [6.07, 6.45) is 6.60. The molecule has 1 aliphatic carbocycles. The monoisotopic (exact) mass is 306 g/mol. The van der Waals surface area contributed by atoms with Gasteiger partial charge in [-0.15, -0.1) is 0 Å². The third-order valence-electron chi connectivity index (χ3n) is 3.92. The maximum Gasteiger partial charge on any atom is 0.223 e. The Morgan fingerprint density at radius 1 is 1.36 bits per heavy atom. The summed E-state index contributed by atoms with van der Waals surface area (Å²) in [7, 11) is 0. The van der Waals surface area contributed by atoms with Crippen molar-refractivity contribution in [2.45, 2.75) is 70.6 Å². The molecule has 1 heterocycles. The average molecular weight is 306 g/mol. The van der Waals surface area contributed by atoms with Gasteiger partial charge in [0.1, 0.15) is 0 Å². The van der Waals surface area contributed by atoms with Crippen molar-refractivity contribution in [1.29, 1.82) is 0 Å². The Morgan fingerprint density at radius 3 is 2.68 bits per heavy atom. The van der Waals surface area contributed by atoms with Gasteiger partial charge in [-0.3, -0.25) is 4.79 Å². The maximum atomic E-state index is 12.0. The number of aliphatic hydroxyl groups is 1. The van der Waals surface area contributed by atoms with Gasteiger partial charge in [-0.25, -0.2) is 4.98 Å². The fraction of sp³-hybridized carbons (Fsp3) is 0.647. The number of carbonyl (C=O) groups is 1. The van der Waals surface area contributed by atoms with Gasteiger partial charge in [0, 0.05) is 18.8 Å². The first-order chi connectivity index (χ1) is 10.5. The molecule has 1 aromatic heterocycles. The van der Waals surface area contributed by atoms with Gasteiger partial charge >= 0.3 is 0 Å². The molecule has 1 fully saturated rings. The molecule has 1 aliphatic rings. The Kier molecular flexibility index (Phi) is 5.77. The minimum absolute atomic E-state index is 0.0919. The number of carbonyl (C=O) groups excluding carboxylic acids is 1. The molecule has 1 saturated carbocycles. The summed E-state index contributed by atoms with van der Waals surface area (Å²) in [4.78, 5) is 16.2. The Morgan fingerprint density at radius 2 is 2.09 bits per heavy atom. The van der Waals surface area contributed by atoms with Gasteiger partial charge < -0.3 is 15.2 Å². The van der Waals surface area contributed by atoms with E-state index in [4.69, 9.17) is 4.74 Å². The van der Waals surface area contributed by atoms with Crippen LogP contribution in [0.25, 0.3) is 0 Å². The molecule has 0 radical (unpaired) electrons. The van der Waals surface area contributed by atoms with Gasteiger partial charge in [-0.1, -0.05) is 25.3 Å². The quantitative estimate of drug-likeness (QED) is 0.847. The molecule has 0 aromatic carbocycles. The number of amides is 1. The van der Waals surface area contributed by atoms with Crippen molar-refractivity contribution in [3.63, 3.8) is 0 Å². The minimum atomic E-state index is -0.810. The number of nitrogens with one attached hydrogen (secondary N) is 1. The van der Waals surface area contributed by atoms with E-state index in [2.05, 4.69) is 10.3 Å². The Bertz CT molecular complexity index is 479. The lowest BCUT2D eigenvalue weighted by Crippen LogP contribution is -2.38. The van der Waals surface area contributed by atoms with E-state index in [0.29, 0.717) is 12.4 Å². The van der Waals surface area contributed by atoms with Crippen LogP contribution in [-0.2, 0) is 11.3 Å². The second-order valence-electron chi connectivity index (χ2n) is 6.41. The lowest BCUT2D eigenvalue weighted by atomic mass is 9.82. The molecule has 1 amide bonds. The van der Waals surface area contributed by atoms with Gasteiger partial charge in [0.05, 0.1) is 18.1 Å². The summed E-state index contributed by atoms with van der Waals surface area (Å²) < 4.78 is 5.48.